The summed E-state index contributed by atoms with van der Waals surface area (Å²) in [5, 5.41) is 3.60. The summed E-state index contributed by atoms with van der Waals surface area (Å²) in [4.78, 5) is 0. The summed E-state index contributed by atoms with van der Waals surface area (Å²) in [6.45, 7) is 11.4. The summed E-state index contributed by atoms with van der Waals surface area (Å²) < 4.78 is 0. The summed E-state index contributed by atoms with van der Waals surface area (Å²) >= 11 is 0. The molecule has 1 N–H and O–H groups in total. The summed E-state index contributed by atoms with van der Waals surface area (Å²) in [7, 11) is 0. The monoisotopic (exact) mass is 247 g/mol. The van der Waals surface area contributed by atoms with Crippen molar-refractivity contribution in [1.82, 2.24) is 5.32 Å². The Morgan fingerprint density at radius 3 is 2.44 bits per heavy atom. The van der Waals surface area contributed by atoms with Crippen LogP contribution in [0, 0.1) is 12.8 Å². The lowest BCUT2D eigenvalue weighted by atomic mass is 9.82. The van der Waals surface area contributed by atoms with Crippen LogP contribution >= 0.6 is 0 Å². The van der Waals surface area contributed by atoms with Crippen molar-refractivity contribution >= 4 is 0 Å². The number of rotatable bonds is 8. The first-order chi connectivity index (χ1) is 8.70. The van der Waals surface area contributed by atoms with Crippen molar-refractivity contribution in [2.24, 2.45) is 5.92 Å². The minimum atomic E-state index is 0.651. The Balaban J connectivity index is 2.79. The van der Waals surface area contributed by atoms with Crippen LogP contribution in [0.3, 0.4) is 0 Å². The zero-order chi connectivity index (χ0) is 13.4. The summed E-state index contributed by atoms with van der Waals surface area (Å²) in [6, 6.07) is 8.86. The first kappa shape index (κ1) is 15.2. The molecule has 1 aromatic rings. The van der Waals surface area contributed by atoms with Gasteiger partial charge in [-0.1, -0.05) is 57.9 Å². The van der Waals surface area contributed by atoms with Gasteiger partial charge in [0.2, 0.25) is 0 Å². The van der Waals surface area contributed by atoms with Crippen molar-refractivity contribution in [2.45, 2.75) is 52.9 Å². The van der Waals surface area contributed by atoms with Crippen LogP contribution in [0.1, 0.15) is 57.1 Å². The molecule has 0 aliphatic rings. The predicted octanol–water partition coefficient (Wildman–Crippen LogP) is 4.51. The van der Waals surface area contributed by atoms with Gasteiger partial charge in [0.25, 0.3) is 0 Å². The Hall–Kier alpha value is -0.820. The van der Waals surface area contributed by atoms with Crippen molar-refractivity contribution in [2.75, 3.05) is 13.1 Å². The van der Waals surface area contributed by atoms with Crippen molar-refractivity contribution in [1.29, 1.82) is 0 Å². The van der Waals surface area contributed by atoms with E-state index in [-0.39, 0.29) is 0 Å². The quantitative estimate of drug-likeness (QED) is 0.666. The van der Waals surface area contributed by atoms with Crippen LogP contribution < -0.4 is 5.32 Å². The highest BCUT2D eigenvalue weighted by atomic mass is 14.9. The number of nitrogens with one attached hydrogen (secondary N) is 1. The SMILES string of the molecule is CCCNCC(c1ccccc1C)C(C)CCC. The Labute approximate surface area is 113 Å². The smallest absolute Gasteiger partial charge is 0.00228 e. The minimum Gasteiger partial charge on any atom is -0.316 e. The maximum absolute atomic E-state index is 3.60. The van der Waals surface area contributed by atoms with E-state index in [1.54, 1.807) is 0 Å². The van der Waals surface area contributed by atoms with Crippen LogP contribution in [0.25, 0.3) is 0 Å². The van der Waals surface area contributed by atoms with Gasteiger partial charge in [0.1, 0.15) is 0 Å². The molecule has 1 rings (SSSR count). The molecule has 0 saturated heterocycles. The van der Waals surface area contributed by atoms with Crippen LogP contribution in [0.15, 0.2) is 24.3 Å². The third-order valence-corrected chi connectivity index (χ3v) is 3.81. The second-order valence-electron chi connectivity index (χ2n) is 5.43. The lowest BCUT2D eigenvalue weighted by molar-refractivity contribution is 0.403. The number of aryl methyl sites for hydroxylation is 1. The van der Waals surface area contributed by atoms with E-state index in [0.717, 1.165) is 19.0 Å². The van der Waals surface area contributed by atoms with E-state index in [9.17, 15) is 0 Å². The first-order valence-corrected chi connectivity index (χ1v) is 7.46. The van der Waals surface area contributed by atoms with Crippen LogP contribution in [-0.4, -0.2) is 13.1 Å². The molecule has 1 heteroatoms. The Morgan fingerprint density at radius 1 is 1.11 bits per heavy atom. The van der Waals surface area contributed by atoms with E-state index < -0.39 is 0 Å². The highest BCUT2D eigenvalue weighted by Crippen LogP contribution is 2.29. The molecule has 0 fully saturated rings. The zero-order valence-corrected chi connectivity index (χ0v) is 12.5. The third kappa shape index (κ3) is 4.45. The molecule has 0 radical (unpaired) electrons. The fourth-order valence-corrected chi connectivity index (χ4v) is 2.71. The lowest BCUT2D eigenvalue weighted by Crippen LogP contribution is -2.26. The molecule has 0 saturated carbocycles. The largest absolute Gasteiger partial charge is 0.316 e. The van der Waals surface area contributed by atoms with Crippen LogP contribution in [0.4, 0.5) is 0 Å². The predicted molar refractivity (Wildman–Crippen MR) is 81.2 cm³/mol. The third-order valence-electron chi connectivity index (χ3n) is 3.81. The number of hydrogen-bond acceptors (Lipinski definition) is 1. The number of benzene rings is 1. The fraction of sp³-hybridized carbons (Fsp3) is 0.647. The number of hydrogen-bond donors (Lipinski definition) is 1. The normalized spacial score (nSPS) is 14.4. The molecule has 1 nitrogen and oxygen atoms in total. The van der Waals surface area contributed by atoms with Gasteiger partial charge in [-0.3, -0.25) is 0 Å². The van der Waals surface area contributed by atoms with E-state index in [0.29, 0.717) is 5.92 Å². The van der Waals surface area contributed by atoms with Gasteiger partial charge in [-0.2, -0.15) is 0 Å². The van der Waals surface area contributed by atoms with Crippen molar-refractivity contribution in [3.63, 3.8) is 0 Å². The molecule has 0 bridgehead atoms. The lowest BCUT2D eigenvalue weighted by Gasteiger charge is -2.26. The topological polar surface area (TPSA) is 12.0 Å². The first-order valence-electron chi connectivity index (χ1n) is 7.46. The van der Waals surface area contributed by atoms with E-state index in [1.165, 1.54) is 30.4 Å². The van der Waals surface area contributed by atoms with Crippen molar-refractivity contribution < 1.29 is 0 Å². The standard InChI is InChI=1S/C17H29N/c1-5-9-14(3)17(13-18-12-6-2)16-11-8-7-10-15(16)4/h7-8,10-11,14,17-18H,5-6,9,12-13H2,1-4H3. The second-order valence-corrected chi connectivity index (χ2v) is 5.43. The van der Waals surface area contributed by atoms with Gasteiger partial charge < -0.3 is 5.32 Å². The molecule has 0 amide bonds. The molecule has 102 valence electrons. The second kappa shape index (κ2) is 8.31. The molecule has 2 unspecified atom stereocenters. The van der Waals surface area contributed by atoms with Crippen LogP contribution in [-0.2, 0) is 0 Å². The Bertz CT molecular complexity index is 332. The molecular formula is C17H29N. The summed E-state index contributed by atoms with van der Waals surface area (Å²) in [5.41, 5.74) is 2.96. The van der Waals surface area contributed by atoms with E-state index in [4.69, 9.17) is 0 Å². The average Bonchev–Trinajstić information content (AvgIpc) is 2.36. The minimum absolute atomic E-state index is 0.651. The molecule has 2 atom stereocenters. The molecule has 18 heavy (non-hydrogen) atoms. The fourth-order valence-electron chi connectivity index (χ4n) is 2.71. The highest BCUT2D eigenvalue weighted by Gasteiger charge is 2.19. The summed E-state index contributed by atoms with van der Waals surface area (Å²) in [6.07, 6.45) is 3.80. The van der Waals surface area contributed by atoms with E-state index >= 15 is 0 Å². The van der Waals surface area contributed by atoms with Gasteiger partial charge >= 0.3 is 0 Å². The van der Waals surface area contributed by atoms with Gasteiger partial charge in [-0.25, -0.2) is 0 Å². The highest BCUT2D eigenvalue weighted by molar-refractivity contribution is 5.30. The molecule has 0 aliphatic carbocycles. The molecule has 1 aromatic carbocycles. The molecule has 0 heterocycles. The van der Waals surface area contributed by atoms with Gasteiger partial charge in [0.15, 0.2) is 0 Å². The van der Waals surface area contributed by atoms with Gasteiger partial charge in [0.05, 0.1) is 0 Å². The Morgan fingerprint density at radius 2 is 1.83 bits per heavy atom. The van der Waals surface area contributed by atoms with Gasteiger partial charge in [-0.05, 0) is 42.9 Å². The average molecular weight is 247 g/mol. The van der Waals surface area contributed by atoms with E-state index in [1.807, 2.05) is 0 Å². The maximum Gasteiger partial charge on any atom is 0.00228 e. The maximum atomic E-state index is 3.60. The summed E-state index contributed by atoms with van der Waals surface area (Å²) in [5.74, 6) is 1.40. The molecule has 0 aliphatic heterocycles. The van der Waals surface area contributed by atoms with Crippen LogP contribution in [0.5, 0.6) is 0 Å². The Kier molecular flexibility index (Phi) is 7.04. The van der Waals surface area contributed by atoms with Crippen molar-refractivity contribution in [3.8, 4) is 0 Å². The van der Waals surface area contributed by atoms with E-state index in [2.05, 4.69) is 57.3 Å². The van der Waals surface area contributed by atoms with Crippen LogP contribution in [0.2, 0.25) is 0 Å². The molecule has 0 spiro atoms. The molecule has 0 aromatic heterocycles. The van der Waals surface area contributed by atoms with Gasteiger partial charge in [0, 0.05) is 6.54 Å². The molecular weight excluding hydrogens is 218 g/mol. The van der Waals surface area contributed by atoms with Crippen molar-refractivity contribution in [3.05, 3.63) is 35.4 Å². The zero-order valence-electron chi connectivity index (χ0n) is 12.5. The van der Waals surface area contributed by atoms with Gasteiger partial charge in [-0.15, -0.1) is 0 Å².